The molecule has 0 fully saturated rings. The highest BCUT2D eigenvalue weighted by molar-refractivity contribution is 5.94. The van der Waals surface area contributed by atoms with E-state index in [0.717, 1.165) is 44.1 Å². The molecule has 0 spiro atoms. The quantitative estimate of drug-likeness (QED) is 0.0510. The van der Waals surface area contributed by atoms with Crippen LogP contribution in [-0.4, -0.2) is 64.4 Å². The zero-order chi connectivity index (χ0) is 37.0. The number of benzene rings is 1. The number of nitrogens with one attached hydrogen (secondary N) is 3. The zero-order valence-corrected chi connectivity index (χ0v) is 30.1. The van der Waals surface area contributed by atoms with Crippen molar-refractivity contribution >= 4 is 35.6 Å². The van der Waals surface area contributed by atoms with Crippen LogP contribution < -0.4 is 21.7 Å². The van der Waals surface area contributed by atoms with E-state index in [2.05, 4.69) is 16.0 Å². The number of carbonyl (C=O) groups is 6. The summed E-state index contributed by atoms with van der Waals surface area (Å²) in [6, 6.07) is 5.28. The highest BCUT2D eigenvalue weighted by atomic mass is 16.4. The Morgan fingerprint density at radius 1 is 0.580 bits per heavy atom. The van der Waals surface area contributed by atoms with E-state index < -0.39 is 35.8 Å². The molecule has 50 heavy (non-hydrogen) atoms. The van der Waals surface area contributed by atoms with Gasteiger partial charge in [0, 0.05) is 31.4 Å². The van der Waals surface area contributed by atoms with Gasteiger partial charge in [-0.25, -0.2) is 4.79 Å². The Morgan fingerprint density at radius 3 is 1.50 bits per heavy atom. The first-order valence-electron chi connectivity index (χ1n) is 18.7. The predicted molar refractivity (Wildman–Crippen MR) is 193 cm³/mol. The first-order chi connectivity index (χ1) is 24.0. The molecule has 1 rings (SSSR count). The Hall–Kier alpha value is -3.96. The largest absolute Gasteiger partial charge is 0.481 e. The van der Waals surface area contributed by atoms with Crippen LogP contribution in [0.1, 0.15) is 157 Å². The molecule has 282 valence electrons. The number of hydrogen-bond acceptors (Lipinski definition) is 6. The summed E-state index contributed by atoms with van der Waals surface area (Å²) < 4.78 is 0. The molecule has 1 aromatic carbocycles. The van der Waals surface area contributed by atoms with Gasteiger partial charge < -0.3 is 31.9 Å². The summed E-state index contributed by atoms with van der Waals surface area (Å²) in [6.07, 6.45) is 17.4. The Morgan fingerprint density at radius 2 is 1.02 bits per heavy atom. The number of carboxylic acid groups (broad SMARTS) is 2. The molecule has 0 radical (unpaired) electrons. The second-order valence-corrected chi connectivity index (χ2v) is 13.3. The number of carbonyl (C=O) groups excluding carboxylic acids is 4. The number of aryl methyl sites for hydroxylation is 1. The van der Waals surface area contributed by atoms with E-state index in [0.29, 0.717) is 37.8 Å². The van der Waals surface area contributed by atoms with Crippen LogP contribution >= 0.6 is 0 Å². The van der Waals surface area contributed by atoms with Crippen LogP contribution in [0.5, 0.6) is 0 Å². The molecule has 0 bridgehead atoms. The van der Waals surface area contributed by atoms with E-state index in [1.807, 2.05) is 19.1 Å². The topological polar surface area (TPSA) is 205 Å². The third-order valence-corrected chi connectivity index (χ3v) is 8.77. The summed E-state index contributed by atoms with van der Waals surface area (Å²) in [5, 5.41) is 26.2. The first-order valence-corrected chi connectivity index (χ1v) is 18.7. The van der Waals surface area contributed by atoms with Gasteiger partial charge in [0.15, 0.2) is 0 Å². The lowest BCUT2D eigenvalue weighted by Gasteiger charge is -2.17. The van der Waals surface area contributed by atoms with E-state index in [1.54, 1.807) is 12.1 Å². The van der Waals surface area contributed by atoms with Crippen molar-refractivity contribution in [2.24, 2.45) is 5.73 Å². The zero-order valence-electron chi connectivity index (χ0n) is 30.1. The van der Waals surface area contributed by atoms with Crippen molar-refractivity contribution in [3.05, 3.63) is 35.4 Å². The van der Waals surface area contributed by atoms with Gasteiger partial charge >= 0.3 is 11.9 Å². The van der Waals surface area contributed by atoms with Crippen molar-refractivity contribution < 1.29 is 39.0 Å². The van der Waals surface area contributed by atoms with Gasteiger partial charge in [-0.3, -0.25) is 24.0 Å². The maximum Gasteiger partial charge on any atom is 0.326 e. The Labute approximate surface area is 298 Å². The second-order valence-electron chi connectivity index (χ2n) is 13.3. The highest BCUT2D eigenvalue weighted by Crippen LogP contribution is 2.14. The summed E-state index contributed by atoms with van der Waals surface area (Å²) in [6.45, 7) is 2.36. The van der Waals surface area contributed by atoms with Crippen molar-refractivity contribution in [1.29, 1.82) is 0 Å². The first kappa shape index (κ1) is 44.1. The molecule has 0 saturated heterocycles. The maximum absolute atomic E-state index is 12.4. The normalized spacial score (nSPS) is 12.1. The molecule has 0 aliphatic carbocycles. The van der Waals surface area contributed by atoms with Crippen LogP contribution in [-0.2, 0) is 24.0 Å². The fourth-order valence-corrected chi connectivity index (χ4v) is 5.71. The number of amides is 4. The van der Waals surface area contributed by atoms with Crippen molar-refractivity contribution in [3.8, 4) is 0 Å². The van der Waals surface area contributed by atoms with E-state index in [4.69, 9.17) is 10.8 Å². The lowest BCUT2D eigenvalue weighted by molar-refractivity contribution is -0.142. The molecule has 0 unspecified atom stereocenters. The minimum atomic E-state index is -1.15. The number of primary amides is 1. The number of aliphatic carboxylic acids is 2. The lowest BCUT2D eigenvalue weighted by atomic mass is 10.0. The van der Waals surface area contributed by atoms with Gasteiger partial charge in [-0.05, 0) is 64.0 Å². The highest BCUT2D eigenvalue weighted by Gasteiger charge is 2.21. The molecular weight excluding hydrogens is 640 g/mol. The third kappa shape index (κ3) is 23.4. The van der Waals surface area contributed by atoms with Crippen LogP contribution in [0.15, 0.2) is 24.3 Å². The summed E-state index contributed by atoms with van der Waals surface area (Å²) in [5.41, 5.74) is 7.10. The summed E-state index contributed by atoms with van der Waals surface area (Å²) in [4.78, 5) is 71.1. The van der Waals surface area contributed by atoms with Crippen LogP contribution in [0.4, 0.5) is 0 Å². The number of hydrogen-bond donors (Lipinski definition) is 6. The molecule has 12 heteroatoms. The number of nitrogens with two attached hydrogens (primary N) is 1. The van der Waals surface area contributed by atoms with E-state index in [9.17, 15) is 33.9 Å². The molecule has 0 aromatic heterocycles. The molecule has 7 N–H and O–H groups in total. The number of rotatable bonds is 31. The predicted octanol–water partition coefficient (Wildman–Crippen LogP) is 5.93. The molecule has 12 nitrogen and oxygen atoms in total. The average Bonchev–Trinajstić information content (AvgIpc) is 3.06. The van der Waals surface area contributed by atoms with Gasteiger partial charge in [-0.2, -0.15) is 0 Å². The minimum Gasteiger partial charge on any atom is -0.481 e. The standard InChI is InChI=1S/C38H62N4O8/c1-29-24-26-30(27-25-29)37(48)40-28-17-16-19-31(36(39)47)41-34(44)22-18-20-32(38(49)50)42-33(43)21-14-12-10-8-6-4-2-3-5-7-9-11-13-15-23-35(45)46/h24-27,31-32H,2-23,28H2,1H3,(H2,39,47)(H,40,48)(H,41,44)(H,42,43)(H,45,46)(H,49,50)/t31-,32-/m0/s1. The molecule has 0 aliphatic rings. The smallest absolute Gasteiger partial charge is 0.326 e. The number of unbranched alkanes of at least 4 members (excludes halogenated alkanes) is 14. The molecule has 4 amide bonds. The molecule has 1 aromatic rings. The van der Waals surface area contributed by atoms with Gasteiger partial charge in [-0.15, -0.1) is 0 Å². The van der Waals surface area contributed by atoms with Crippen molar-refractivity contribution in [2.45, 2.75) is 160 Å². The summed E-state index contributed by atoms with van der Waals surface area (Å²) in [5.74, 6) is -3.44. The van der Waals surface area contributed by atoms with Crippen molar-refractivity contribution in [1.82, 2.24) is 16.0 Å². The number of carboxylic acids is 2. The Kier molecular flexibility index (Phi) is 24.5. The molecule has 0 aliphatic heterocycles. The van der Waals surface area contributed by atoms with Gasteiger partial charge in [-0.1, -0.05) is 94.7 Å². The fraction of sp³-hybridized carbons (Fsp3) is 0.684. The van der Waals surface area contributed by atoms with E-state index in [1.165, 1.54) is 44.9 Å². The van der Waals surface area contributed by atoms with Crippen LogP contribution in [0, 0.1) is 6.92 Å². The van der Waals surface area contributed by atoms with Gasteiger partial charge in [0.2, 0.25) is 17.7 Å². The van der Waals surface area contributed by atoms with Crippen molar-refractivity contribution in [3.63, 3.8) is 0 Å². The fourth-order valence-electron chi connectivity index (χ4n) is 5.71. The van der Waals surface area contributed by atoms with Crippen molar-refractivity contribution in [2.75, 3.05) is 6.54 Å². The Balaban J connectivity index is 2.12. The summed E-state index contributed by atoms with van der Waals surface area (Å²) in [7, 11) is 0. The van der Waals surface area contributed by atoms with Gasteiger partial charge in [0.25, 0.3) is 5.91 Å². The SMILES string of the molecule is Cc1ccc(C(=O)NCCCC[C@H](NC(=O)CCC[C@H](NC(=O)CCCCCCCCCCCCCCCCC(=O)O)C(=O)O)C(N)=O)cc1. The van der Waals surface area contributed by atoms with E-state index in [-0.39, 0.29) is 43.9 Å². The van der Waals surface area contributed by atoms with Crippen LogP contribution in [0.25, 0.3) is 0 Å². The molecule has 2 atom stereocenters. The van der Waals surface area contributed by atoms with Gasteiger partial charge in [0.1, 0.15) is 12.1 Å². The molecular formula is C38H62N4O8. The third-order valence-electron chi connectivity index (χ3n) is 8.77. The summed E-state index contributed by atoms with van der Waals surface area (Å²) >= 11 is 0. The molecule has 0 saturated carbocycles. The van der Waals surface area contributed by atoms with Crippen LogP contribution in [0.2, 0.25) is 0 Å². The van der Waals surface area contributed by atoms with Crippen LogP contribution in [0.3, 0.4) is 0 Å². The minimum absolute atomic E-state index is 0.00772. The lowest BCUT2D eigenvalue weighted by Crippen LogP contribution is -2.44. The maximum atomic E-state index is 12.4. The average molecular weight is 703 g/mol. The molecule has 0 heterocycles. The van der Waals surface area contributed by atoms with E-state index >= 15 is 0 Å². The van der Waals surface area contributed by atoms with Gasteiger partial charge in [0.05, 0.1) is 0 Å². The monoisotopic (exact) mass is 702 g/mol. The second kappa shape index (κ2) is 27.8. The Bertz CT molecular complexity index is 1160.